The molecule has 19 heavy (non-hydrogen) atoms. The molecule has 0 aromatic carbocycles. The molecule has 110 valence electrons. The molecule has 0 aliphatic rings. The van der Waals surface area contributed by atoms with Gasteiger partial charge >= 0.3 is 6.18 Å². The lowest BCUT2D eigenvalue weighted by Crippen LogP contribution is -2.17. The van der Waals surface area contributed by atoms with E-state index in [1.165, 1.54) is 0 Å². The van der Waals surface area contributed by atoms with Gasteiger partial charge in [0.15, 0.2) is 0 Å². The first-order valence-corrected chi connectivity index (χ1v) is 6.34. The molecule has 1 aromatic rings. The van der Waals surface area contributed by atoms with Crippen molar-refractivity contribution in [2.24, 2.45) is 0 Å². The maximum absolute atomic E-state index is 12.1. The minimum Gasteiger partial charge on any atom is -0.382 e. The largest absolute Gasteiger partial charge is 0.390 e. The second-order valence-corrected chi connectivity index (χ2v) is 4.24. The van der Waals surface area contributed by atoms with E-state index < -0.39 is 12.6 Å². The van der Waals surface area contributed by atoms with Gasteiger partial charge in [-0.3, -0.25) is 0 Å². The van der Waals surface area contributed by atoms with Gasteiger partial charge in [0.1, 0.15) is 0 Å². The van der Waals surface area contributed by atoms with Crippen molar-refractivity contribution in [3.8, 4) is 0 Å². The van der Waals surface area contributed by atoms with Crippen molar-refractivity contribution in [2.45, 2.75) is 39.4 Å². The number of rotatable bonds is 8. The Morgan fingerprint density at radius 3 is 2.79 bits per heavy atom. The van der Waals surface area contributed by atoms with Crippen molar-refractivity contribution < 1.29 is 17.9 Å². The molecule has 0 spiro atoms. The SMILES string of the molecule is CCOCCCn1cc(C)nc1NCCC(F)(F)F. The molecular weight excluding hydrogens is 259 g/mol. The minimum atomic E-state index is -4.14. The van der Waals surface area contributed by atoms with Gasteiger partial charge in [-0.25, -0.2) is 4.98 Å². The summed E-state index contributed by atoms with van der Waals surface area (Å²) in [5, 5.41) is 2.72. The molecule has 0 saturated carbocycles. The summed E-state index contributed by atoms with van der Waals surface area (Å²) in [5.74, 6) is 0.484. The lowest BCUT2D eigenvalue weighted by molar-refractivity contribution is -0.131. The number of imidazole rings is 1. The fourth-order valence-electron chi connectivity index (χ4n) is 1.66. The van der Waals surface area contributed by atoms with Gasteiger partial charge in [-0.15, -0.1) is 0 Å². The van der Waals surface area contributed by atoms with E-state index in [4.69, 9.17) is 4.74 Å². The Balaban J connectivity index is 2.43. The predicted octanol–water partition coefficient (Wildman–Crippen LogP) is 2.98. The average molecular weight is 279 g/mol. The van der Waals surface area contributed by atoms with Crippen LogP contribution < -0.4 is 5.32 Å². The molecule has 0 bridgehead atoms. The molecule has 0 atom stereocenters. The van der Waals surface area contributed by atoms with Gasteiger partial charge in [0.25, 0.3) is 0 Å². The van der Waals surface area contributed by atoms with Crippen molar-refractivity contribution in [1.29, 1.82) is 0 Å². The number of hydrogen-bond acceptors (Lipinski definition) is 3. The second-order valence-electron chi connectivity index (χ2n) is 4.24. The first-order valence-electron chi connectivity index (χ1n) is 6.34. The monoisotopic (exact) mass is 279 g/mol. The van der Waals surface area contributed by atoms with E-state index in [1.54, 1.807) is 0 Å². The normalized spacial score (nSPS) is 11.8. The van der Waals surface area contributed by atoms with Crippen LogP contribution in [-0.2, 0) is 11.3 Å². The zero-order chi connectivity index (χ0) is 14.3. The van der Waals surface area contributed by atoms with Gasteiger partial charge in [0.05, 0.1) is 12.1 Å². The van der Waals surface area contributed by atoms with E-state index in [1.807, 2.05) is 24.6 Å². The Hall–Kier alpha value is -1.24. The molecule has 1 heterocycles. The van der Waals surface area contributed by atoms with Crippen LogP contribution in [0.2, 0.25) is 0 Å². The number of aromatic nitrogens is 2. The zero-order valence-corrected chi connectivity index (χ0v) is 11.3. The number of halogens is 3. The average Bonchev–Trinajstić information content (AvgIpc) is 2.64. The van der Waals surface area contributed by atoms with Crippen LogP contribution in [0.5, 0.6) is 0 Å². The van der Waals surface area contributed by atoms with Crippen LogP contribution in [0.15, 0.2) is 6.20 Å². The van der Waals surface area contributed by atoms with Crippen LogP contribution in [0.4, 0.5) is 19.1 Å². The third-order valence-electron chi connectivity index (χ3n) is 2.48. The first kappa shape index (κ1) is 15.8. The van der Waals surface area contributed by atoms with Gasteiger partial charge in [0, 0.05) is 32.5 Å². The maximum atomic E-state index is 12.1. The van der Waals surface area contributed by atoms with Crippen LogP contribution in [0, 0.1) is 6.92 Å². The molecule has 1 N–H and O–H groups in total. The summed E-state index contributed by atoms with van der Waals surface area (Å²) in [5.41, 5.74) is 0.783. The summed E-state index contributed by atoms with van der Waals surface area (Å²) < 4.78 is 43.3. The number of hydrogen-bond donors (Lipinski definition) is 1. The molecule has 4 nitrogen and oxygen atoms in total. The highest BCUT2D eigenvalue weighted by Crippen LogP contribution is 2.19. The molecular formula is C12H20F3N3O. The van der Waals surface area contributed by atoms with Crippen LogP contribution in [0.3, 0.4) is 0 Å². The molecule has 0 aliphatic heterocycles. The van der Waals surface area contributed by atoms with E-state index in [2.05, 4.69) is 10.3 Å². The van der Waals surface area contributed by atoms with E-state index in [0.29, 0.717) is 25.7 Å². The highest BCUT2D eigenvalue weighted by Gasteiger charge is 2.26. The van der Waals surface area contributed by atoms with Crippen LogP contribution in [0.25, 0.3) is 0 Å². The van der Waals surface area contributed by atoms with Gasteiger partial charge in [-0.2, -0.15) is 13.2 Å². The molecule has 7 heteroatoms. The fraction of sp³-hybridized carbons (Fsp3) is 0.750. The Kier molecular flexibility index (Phi) is 6.14. The highest BCUT2D eigenvalue weighted by atomic mass is 19.4. The van der Waals surface area contributed by atoms with Crippen molar-refractivity contribution in [3.05, 3.63) is 11.9 Å². The van der Waals surface area contributed by atoms with Crippen LogP contribution in [0.1, 0.15) is 25.5 Å². The van der Waals surface area contributed by atoms with Gasteiger partial charge in [0.2, 0.25) is 5.95 Å². The third-order valence-corrected chi connectivity index (χ3v) is 2.48. The van der Waals surface area contributed by atoms with E-state index in [-0.39, 0.29) is 6.54 Å². The molecule has 0 unspecified atom stereocenters. The van der Waals surface area contributed by atoms with E-state index in [0.717, 1.165) is 12.1 Å². The van der Waals surface area contributed by atoms with Gasteiger partial charge in [-0.1, -0.05) is 0 Å². The Bertz CT molecular complexity index is 377. The molecule has 0 saturated heterocycles. The summed E-state index contributed by atoms with van der Waals surface area (Å²) in [6.07, 6.45) is -2.38. The number of nitrogens with one attached hydrogen (secondary N) is 1. The zero-order valence-electron chi connectivity index (χ0n) is 11.3. The number of nitrogens with zero attached hydrogens (tertiary/aromatic N) is 2. The number of aryl methyl sites for hydroxylation is 2. The summed E-state index contributed by atoms with van der Waals surface area (Å²) in [7, 11) is 0. The third kappa shape index (κ3) is 6.47. The summed E-state index contributed by atoms with van der Waals surface area (Å²) in [4.78, 5) is 4.17. The molecule has 0 radical (unpaired) electrons. The van der Waals surface area contributed by atoms with Gasteiger partial charge < -0.3 is 14.6 Å². The molecule has 1 aromatic heterocycles. The molecule has 0 amide bonds. The number of alkyl halides is 3. The molecule has 1 rings (SSSR count). The van der Waals surface area contributed by atoms with Crippen molar-refractivity contribution in [3.63, 3.8) is 0 Å². The van der Waals surface area contributed by atoms with Crippen LogP contribution in [-0.4, -0.2) is 35.5 Å². The summed E-state index contributed by atoms with van der Waals surface area (Å²) in [6, 6.07) is 0. The topological polar surface area (TPSA) is 39.1 Å². The first-order chi connectivity index (χ1) is 8.92. The lowest BCUT2D eigenvalue weighted by atomic mass is 10.4. The maximum Gasteiger partial charge on any atom is 0.390 e. The van der Waals surface area contributed by atoms with Crippen LogP contribution >= 0.6 is 0 Å². The molecule has 0 aliphatic carbocycles. The second kappa shape index (κ2) is 7.37. The van der Waals surface area contributed by atoms with Crippen molar-refractivity contribution in [1.82, 2.24) is 9.55 Å². The molecule has 0 fully saturated rings. The standard InChI is InChI=1S/C12H20F3N3O/c1-3-19-8-4-7-18-9-10(2)17-11(18)16-6-5-12(13,14)15/h9H,3-8H2,1-2H3,(H,16,17). The fourth-order valence-corrected chi connectivity index (χ4v) is 1.66. The van der Waals surface area contributed by atoms with Crippen molar-refractivity contribution in [2.75, 3.05) is 25.1 Å². The summed E-state index contributed by atoms with van der Waals surface area (Å²) >= 11 is 0. The van der Waals surface area contributed by atoms with E-state index >= 15 is 0 Å². The Morgan fingerprint density at radius 2 is 2.16 bits per heavy atom. The minimum absolute atomic E-state index is 0.161. The Labute approximate surface area is 111 Å². The van der Waals surface area contributed by atoms with Gasteiger partial charge in [-0.05, 0) is 20.3 Å². The summed E-state index contributed by atoms with van der Waals surface area (Å²) in [6.45, 7) is 5.55. The number of ether oxygens (including phenoxy) is 1. The van der Waals surface area contributed by atoms with Crippen molar-refractivity contribution >= 4 is 5.95 Å². The Morgan fingerprint density at radius 1 is 1.42 bits per heavy atom. The quantitative estimate of drug-likeness (QED) is 0.744. The number of anilines is 1. The highest BCUT2D eigenvalue weighted by molar-refractivity contribution is 5.28. The predicted molar refractivity (Wildman–Crippen MR) is 67.2 cm³/mol. The van der Waals surface area contributed by atoms with E-state index in [9.17, 15) is 13.2 Å². The smallest absolute Gasteiger partial charge is 0.382 e. The lowest BCUT2D eigenvalue weighted by Gasteiger charge is -2.11.